The SMILES string of the molecule is [2H]C(C)(C)C([2H])([2H])c1cccc(-c2ccc(-c3ccccc3C)[n+](C)c2)n1. The summed E-state index contributed by atoms with van der Waals surface area (Å²) in [4.78, 5) is 4.53. The zero-order chi connectivity index (χ0) is 19.8. The van der Waals surface area contributed by atoms with E-state index < -0.39 is 12.3 Å². The van der Waals surface area contributed by atoms with Gasteiger partial charge < -0.3 is 0 Å². The first kappa shape index (κ1) is 12.9. The van der Waals surface area contributed by atoms with E-state index in [0.717, 1.165) is 11.3 Å². The van der Waals surface area contributed by atoms with E-state index in [4.69, 9.17) is 4.11 Å². The molecule has 2 heteroatoms. The molecule has 0 saturated carbocycles. The van der Waals surface area contributed by atoms with E-state index in [2.05, 4.69) is 34.7 Å². The first-order valence-corrected chi connectivity index (χ1v) is 8.15. The van der Waals surface area contributed by atoms with Gasteiger partial charge in [0.1, 0.15) is 7.05 Å². The van der Waals surface area contributed by atoms with Crippen LogP contribution in [-0.4, -0.2) is 4.98 Å². The van der Waals surface area contributed by atoms with Crippen molar-refractivity contribution in [2.75, 3.05) is 0 Å². The molecule has 2 heterocycles. The van der Waals surface area contributed by atoms with Crippen LogP contribution < -0.4 is 4.57 Å². The van der Waals surface area contributed by atoms with Crippen LogP contribution >= 0.6 is 0 Å². The molecule has 0 aliphatic rings. The van der Waals surface area contributed by atoms with Gasteiger partial charge in [0.05, 0.1) is 11.3 Å². The number of benzene rings is 1. The maximum absolute atomic E-state index is 8.30. The van der Waals surface area contributed by atoms with Crippen LogP contribution in [0.25, 0.3) is 22.5 Å². The Hall–Kier alpha value is -2.48. The minimum atomic E-state index is -1.84. The molecule has 2 nitrogen and oxygen atoms in total. The van der Waals surface area contributed by atoms with Crippen molar-refractivity contribution in [3.63, 3.8) is 0 Å². The van der Waals surface area contributed by atoms with Crippen molar-refractivity contribution in [1.82, 2.24) is 4.98 Å². The molecular weight excluding hydrogens is 292 g/mol. The molecule has 0 radical (unpaired) electrons. The maximum Gasteiger partial charge on any atom is 0.212 e. The molecule has 0 unspecified atom stereocenters. The Bertz CT molecular complexity index is 975. The maximum atomic E-state index is 8.30. The first-order valence-electron chi connectivity index (χ1n) is 9.65. The van der Waals surface area contributed by atoms with Gasteiger partial charge in [0.2, 0.25) is 5.69 Å². The molecule has 0 saturated heterocycles. The zero-order valence-corrected chi connectivity index (χ0v) is 14.7. The van der Waals surface area contributed by atoms with Gasteiger partial charge in [-0.15, -0.1) is 0 Å². The van der Waals surface area contributed by atoms with E-state index in [1.54, 1.807) is 26.0 Å². The lowest BCUT2D eigenvalue weighted by molar-refractivity contribution is -0.659. The first-order chi connectivity index (χ1) is 12.6. The summed E-state index contributed by atoms with van der Waals surface area (Å²) in [6.45, 7) is 5.23. The fourth-order valence-electron chi connectivity index (χ4n) is 2.82. The third kappa shape index (κ3) is 3.53. The third-order valence-electron chi connectivity index (χ3n) is 3.98. The van der Waals surface area contributed by atoms with Crippen molar-refractivity contribution >= 4 is 0 Å². The van der Waals surface area contributed by atoms with Crippen molar-refractivity contribution in [3.8, 4) is 22.5 Å². The highest BCUT2D eigenvalue weighted by Gasteiger charge is 2.14. The normalized spacial score (nSPS) is 13.9. The van der Waals surface area contributed by atoms with Crippen molar-refractivity contribution in [2.45, 2.75) is 27.1 Å². The van der Waals surface area contributed by atoms with Gasteiger partial charge in [-0.1, -0.05) is 38.1 Å². The van der Waals surface area contributed by atoms with Crippen molar-refractivity contribution in [3.05, 3.63) is 72.1 Å². The predicted molar refractivity (Wildman–Crippen MR) is 99.6 cm³/mol. The molecule has 3 aromatic rings. The molecule has 122 valence electrons. The molecule has 0 N–H and O–H groups in total. The van der Waals surface area contributed by atoms with Crippen molar-refractivity contribution in [1.29, 1.82) is 0 Å². The second kappa shape index (κ2) is 6.96. The van der Waals surface area contributed by atoms with E-state index in [0.29, 0.717) is 5.69 Å². The molecule has 0 bridgehead atoms. The van der Waals surface area contributed by atoms with Crippen LogP contribution in [0.1, 0.15) is 29.2 Å². The lowest BCUT2D eigenvalue weighted by atomic mass is 10.0. The lowest BCUT2D eigenvalue weighted by Gasteiger charge is -2.08. The Morgan fingerprint density at radius 1 is 1.08 bits per heavy atom. The van der Waals surface area contributed by atoms with Crippen LogP contribution in [0.15, 0.2) is 60.8 Å². The molecule has 0 spiro atoms. The summed E-state index contributed by atoms with van der Waals surface area (Å²) in [6.07, 6.45) is 0.168. The van der Waals surface area contributed by atoms with Crippen molar-refractivity contribution in [2.24, 2.45) is 12.9 Å². The molecular formula is C22H25N2+. The number of nitrogens with zero attached hydrogens (tertiary/aromatic N) is 2. The summed E-state index contributed by atoms with van der Waals surface area (Å²) >= 11 is 0. The Labute approximate surface area is 149 Å². The quantitative estimate of drug-likeness (QED) is 0.634. The van der Waals surface area contributed by atoms with Crippen LogP contribution in [0.2, 0.25) is 0 Å². The molecule has 0 fully saturated rings. The van der Waals surface area contributed by atoms with Crippen LogP contribution in [0, 0.1) is 12.8 Å². The molecule has 0 aliphatic heterocycles. The Morgan fingerprint density at radius 3 is 2.58 bits per heavy atom. The Balaban J connectivity index is 2.03. The molecule has 0 atom stereocenters. The van der Waals surface area contributed by atoms with Gasteiger partial charge in [0.15, 0.2) is 6.20 Å². The number of hydrogen-bond donors (Lipinski definition) is 0. The minimum absolute atomic E-state index is 0.283. The molecule has 0 amide bonds. The van der Waals surface area contributed by atoms with Gasteiger partial charge in [-0.05, 0) is 49.0 Å². The van der Waals surface area contributed by atoms with E-state index in [-0.39, 0.29) is 5.69 Å². The monoisotopic (exact) mass is 320 g/mol. The van der Waals surface area contributed by atoms with Crippen molar-refractivity contribution < 1.29 is 8.68 Å². The summed E-state index contributed by atoms with van der Waals surface area (Å²) < 4.78 is 26.8. The number of hydrogen-bond acceptors (Lipinski definition) is 1. The largest absolute Gasteiger partial charge is 0.253 e. The zero-order valence-electron chi connectivity index (χ0n) is 17.7. The fourth-order valence-corrected chi connectivity index (χ4v) is 2.82. The summed E-state index contributed by atoms with van der Waals surface area (Å²) in [7, 11) is 2.00. The summed E-state index contributed by atoms with van der Waals surface area (Å²) in [6, 6.07) is 17.7. The number of pyridine rings is 2. The molecule has 0 aliphatic carbocycles. The number of rotatable bonds is 4. The summed E-state index contributed by atoms with van der Waals surface area (Å²) in [5.41, 5.74) is 5.40. The molecule has 1 aromatic carbocycles. The van der Waals surface area contributed by atoms with Crippen LogP contribution in [0.3, 0.4) is 0 Å². The number of aromatic nitrogens is 2. The second-order valence-corrected chi connectivity index (χ2v) is 6.26. The Morgan fingerprint density at radius 2 is 1.88 bits per heavy atom. The topological polar surface area (TPSA) is 16.8 Å². The van der Waals surface area contributed by atoms with E-state index in [1.807, 2.05) is 37.5 Å². The molecule has 2 aromatic heterocycles. The van der Waals surface area contributed by atoms with Gasteiger partial charge in [-0.2, -0.15) is 0 Å². The Kier molecular flexibility index (Phi) is 3.74. The summed E-state index contributed by atoms with van der Waals surface area (Å²) in [5, 5.41) is 0. The smallest absolute Gasteiger partial charge is 0.212 e. The van der Waals surface area contributed by atoms with Crippen LogP contribution in [0.4, 0.5) is 0 Å². The van der Waals surface area contributed by atoms with E-state index >= 15 is 0 Å². The van der Waals surface area contributed by atoms with Gasteiger partial charge >= 0.3 is 0 Å². The average molecular weight is 320 g/mol. The van der Waals surface area contributed by atoms with E-state index in [9.17, 15) is 0 Å². The third-order valence-corrected chi connectivity index (χ3v) is 3.98. The van der Waals surface area contributed by atoms with Crippen LogP contribution in [-0.2, 0) is 13.4 Å². The highest BCUT2D eigenvalue weighted by Crippen LogP contribution is 2.23. The lowest BCUT2D eigenvalue weighted by Crippen LogP contribution is -2.30. The van der Waals surface area contributed by atoms with Gasteiger partial charge in [0, 0.05) is 21.4 Å². The molecule has 3 rings (SSSR count). The number of aryl methyl sites for hydroxylation is 2. The second-order valence-electron chi connectivity index (χ2n) is 6.26. The standard InChI is InChI=1S/C22H25N2/c1-16(2)14-19-9-7-11-21(23-19)18-12-13-22(24(4)15-18)20-10-6-5-8-17(20)3/h5-13,15-16H,14H2,1-4H3/q+1/i14D2,16D. The average Bonchev–Trinajstić information content (AvgIpc) is 2.61. The van der Waals surface area contributed by atoms with Crippen LogP contribution in [0.5, 0.6) is 0 Å². The van der Waals surface area contributed by atoms with Gasteiger partial charge in [-0.3, -0.25) is 4.98 Å². The highest BCUT2D eigenvalue weighted by molar-refractivity contribution is 5.64. The fraction of sp³-hybridized carbons (Fsp3) is 0.273. The predicted octanol–water partition coefficient (Wildman–Crippen LogP) is 4.75. The minimum Gasteiger partial charge on any atom is -0.253 e. The van der Waals surface area contributed by atoms with Gasteiger partial charge in [0.25, 0.3) is 0 Å². The highest BCUT2D eigenvalue weighted by atomic mass is 14.9. The summed E-state index contributed by atoms with van der Waals surface area (Å²) in [5.74, 6) is -1.28. The van der Waals surface area contributed by atoms with Gasteiger partial charge in [-0.25, -0.2) is 4.57 Å². The van der Waals surface area contributed by atoms with E-state index in [1.165, 1.54) is 11.1 Å². The molecule has 24 heavy (non-hydrogen) atoms.